The molecule has 1 heterocycles. The molecule has 112 valence electrons. The van der Waals surface area contributed by atoms with Gasteiger partial charge in [-0.3, -0.25) is 9.78 Å². The molecule has 6 heteroatoms. The fraction of sp³-hybridized carbons (Fsp3) is 0.125. The summed E-state index contributed by atoms with van der Waals surface area (Å²) in [5, 5.41) is 2.76. The molecule has 3 rings (SSSR count). The average Bonchev–Trinajstić information content (AvgIpc) is 2.86. The van der Waals surface area contributed by atoms with Crippen molar-refractivity contribution in [2.75, 3.05) is 0 Å². The predicted molar refractivity (Wildman–Crippen MR) is 78.8 cm³/mol. The molecular formula is C16H13FN2O3. The van der Waals surface area contributed by atoms with Crippen LogP contribution in [0.25, 0.3) is 11.1 Å². The van der Waals surface area contributed by atoms with Crippen LogP contribution < -0.4 is 11.1 Å². The Labute approximate surface area is 124 Å². The molecule has 0 aliphatic carbocycles. The van der Waals surface area contributed by atoms with Gasteiger partial charge in [0.25, 0.3) is 0 Å². The number of oxazole rings is 1. The van der Waals surface area contributed by atoms with Gasteiger partial charge in [0.1, 0.15) is 5.82 Å². The average molecular weight is 300 g/mol. The first kappa shape index (κ1) is 14.1. The number of nitrogens with one attached hydrogen (secondary N) is 2. The Bertz CT molecular complexity index is 865. The van der Waals surface area contributed by atoms with Crippen molar-refractivity contribution in [3.63, 3.8) is 0 Å². The number of fused-ring (bicyclic) bond motifs is 1. The van der Waals surface area contributed by atoms with E-state index < -0.39 is 5.76 Å². The maximum Gasteiger partial charge on any atom is 0.417 e. The maximum absolute atomic E-state index is 12.8. The first-order valence-electron chi connectivity index (χ1n) is 6.73. The summed E-state index contributed by atoms with van der Waals surface area (Å²) < 4.78 is 17.7. The van der Waals surface area contributed by atoms with E-state index >= 15 is 0 Å². The lowest BCUT2D eigenvalue weighted by Gasteiger charge is -2.05. The van der Waals surface area contributed by atoms with Gasteiger partial charge < -0.3 is 9.73 Å². The molecule has 0 saturated carbocycles. The SMILES string of the molecule is O=C(Cc1ccc2oc(=O)[nH]c2c1)NCc1ccc(F)cc1. The van der Waals surface area contributed by atoms with Gasteiger partial charge >= 0.3 is 5.76 Å². The predicted octanol–water partition coefficient (Wildman–Crippen LogP) is 2.12. The summed E-state index contributed by atoms with van der Waals surface area (Å²) in [5.74, 6) is -0.986. The van der Waals surface area contributed by atoms with Gasteiger partial charge in [-0.1, -0.05) is 18.2 Å². The first-order chi connectivity index (χ1) is 10.6. The van der Waals surface area contributed by atoms with Crippen molar-refractivity contribution in [1.29, 1.82) is 0 Å². The van der Waals surface area contributed by atoms with E-state index in [4.69, 9.17) is 4.42 Å². The van der Waals surface area contributed by atoms with Crippen LogP contribution in [0.2, 0.25) is 0 Å². The largest absolute Gasteiger partial charge is 0.417 e. The summed E-state index contributed by atoms with van der Waals surface area (Å²) >= 11 is 0. The van der Waals surface area contributed by atoms with Gasteiger partial charge in [-0.25, -0.2) is 9.18 Å². The summed E-state index contributed by atoms with van der Waals surface area (Å²) in [7, 11) is 0. The summed E-state index contributed by atoms with van der Waals surface area (Å²) in [6.07, 6.45) is 0.185. The van der Waals surface area contributed by atoms with E-state index in [-0.39, 0.29) is 18.1 Å². The van der Waals surface area contributed by atoms with Crippen LogP contribution in [-0.2, 0) is 17.8 Å². The van der Waals surface area contributed by atoms with E-state index in [1.165, 1.54) is 12.1 Å². The van der Waals surface area contributed by atoms with Crippen LogP contribution in [0.5, 0.6) is 0 Å². The number of rotatable bonds is 4. The minimum atomic E-state index is -0.520. The number of carbonyl (C=O) groups excluding carboxylic acids is 1. The molecule has 1 amide bonds. The number of hydrogen-bond donors (Lipinski definition) is 2. The monoisotopic (exact) mass is 300 g/mol. The van der Waals surface area contributed by atoms with Gasteiger partial charge in [0.2, 0.25) is 5.91 Å². The van der Waals surface area contributed by atoms with E-state index in [9.17, 15) is 14.0 Å². The Morgan fingerprint density at radius 2 is 1.86 bits per heavy atom. The van der Waals surface area contributed by atoms with Crippen LogP contribution in [0.3, 0.4) is 0 Å². The first-order valence-corrected chi connectivity index (χ1v) is 6.73. The molecule has 2 N–H and O–H groups in total. The van der Waals surface area contributed by atoms with Gasteiger partial charge in [0.05, 0.1) is 11.9 Å². The molecule has 0 bridgehead atoms. The van der Waals surface area contributed by atoms with Crippen molar-refractivity contribution in [3.8, 4) is 0 Å². The van der Waals surface area contributed by atoms with Gasteiger partial charge in [-0.15, -0.1) is 0 Å². The van der Waals surface area contributed by atoms with E-state index in [1.54, 1.807) is 30.3 Å². The molecule has 22 heavy (non-hydrogen) atoms. The molecule has 0 aliphatic heterocycles. The minimum Gasteiger partial charge on any atom is -0.408 e. The van der Waals surface area contributed by atoms with Crippen molar-refractivity contribution in [3.05, 3.63) is 70.0 Å². The lowest BCUT2D eigenvalue weighted by molar-refractivity contribution is -0.120. The number of halogens is 1. The second kappa shape index (κ2) is 5.85. The summed E-state index contributed by atoms with van der Waals surface area (Å²) in [4.78, 5) is 25.5. The normalized spacial score (nSPS) is 10.8. The van der Waals surface area contributed by atoms with E-state index in [0.717, 1.165) is 11.1 Å². The van der Waals surface area contributed by atoms with Gasteiger partial charge in [-0.2, -0.15) is 0 Å². The van der Waals surface area contributed by atoms with Crippen molar-refractivity contribution in [2.24, 2.45) is 0 Å². The molecule has 0 fully saturated rings. The molecule has 0 atom stereocenters. The van der Waals surface area contributed by atoms with E-state index in [2.05, 4.69) is 10.3 Å². The number of amides is 1. The van der Waals surface area contributed by atoms with Crippen molar-refractivity contribution in [1.82, 2.24) is 10.3 Å². The standard InChI is InChI=1S/C16H13FN2O3/c17-12-4-1-10(2-5-12)9-18-15(20)8-11-3-6-14-13(7-11)19-16(21)22-14/h1-7H,8-9H2,(H,18,20)(H,19,21). The van der Waals surface area contributed by atoms with Crippen molar-refractivity contribution < 1.29 is 13.6 Å². The summed E-state index contributed by atoms with van der Waals surface area (Å²) in [5.41, 5.74) is 2.61. The molecule has 0 radical (unpaired) electrons. The Kier molecular flexibility index (Phi) is 3.74. The fourth-order valence-electron chi connectivity index (χ4n) is 2.16. The third-order valence-corrected chi connectivity index (χ3v) is 3.25. The Morgan fingerprint density at radius 1 is 1.14 bits per heavy atom. The minimum absolute atomic E-state index is 0.158. The summed E-state index contributed by atoms with van der Waals surface area (Å²) in [6, 6.07) is 11.0. The van der Waals surface area contributed by atoms with Gasteiger partial charge in [0.15, 0.2) is 5.58 Å². The number of aromatic nitrogens is 1. The van der Waals surface area contributed by atoms with Crippen LogP contribution in [0.1, 0.15) is 11.1 Å². The topological polar surface area (TPSA) is 75.1 Å². The quantitative estimate of drug-likeness (QED) is 0.775. The van der Waals surface area contributed by atoms with Gasteiger partial charge in [0, 0.05) is 6.54 Å². The highest BCUT2D eigenvalue weighted by molar-refractivity contribution is 5.80. The number of hydrogen-bond acceptors (Lipinski definition) is 3. The lowest BCUT2D eigenvalue weighted by Crippen LogP contribution is -2.24. The van der Waals surface area contributed by atoms with Crippen LogP contribution in [0.4, 0.5) is 4.39 Å². The zero-order valence-electron chi connectivity index (χ0n) is 11.6. The van der Waals surface area contributed by atoms with E-state index in [1.807, 2.05) is 0 Å². The van der Waals surface area contributed by atoms with Crippen LogP contribution in [0.15, 0.2) is 51.7 Å². The van der Waals surface area contributed by atoms with Crippen LogP contribution >= 0.6 is 0 Å². The fourth-order valence-corrected chi connectivity index (χ4v) is 2.16. The molecule has 1 aromatic heterocycles. The number of H-pyrrole nitrogens is 1. The van der Waals surface area contributed by atoms with Crippen molar-refractivity contribution >= 4 is 17.0 Å². The Balaban J connectivity index is 1.62. The molecule has 0 unspecified atom stereocenters. The number of aromatic amines is 1. The Hall–Kier alpha value is -2.89. The smallest absolute Gasteiger partial charge is 0.408 e. The molecule has 3 aromatic rings. The van der Waals surface area contributed by atoms with Crippen molar-refractivity contribution in [2.45, 2.75) is 13.0 Å². The second-order valence-corrected chi connectivity index (χ2v) is 4.93. The highest BCUT2D eigenvalue weighted by Crippen LogP contribution is 2.12. The third kappa shape index (κ3) is 3.22. The van der Waals surface area contributed by atoms with Crippen LogP contribution in [-0.4, -0.2) is 10.9 Å². The number of benzene rings is 2. The van der Waals surface area contributed by atoms with Crippen LogP contribution in [0, 0.1) is 5.82 Å². The highest BCUT2D eigenvalue weighted by atomic mass is 19.1. The highest BCUT2D eigenvalue weighted by Gasteiger charge is 2.06. The molecule has 0 aliphatic rings. The van der Waals surface area contributed by atoms with Gasteiger partial charge in [-0.05, 0) is 35.4 Å². The zero-order chi connectivity index (χ0) is 15.5. The third-order valence-electron chi connectivity index (χ3n) is 3.25. The Morgan fingerprint density at radius 3 is 2.64 bits per heavy atom. The second-order valence-electron chi connectivity index (χ2n) is 4.93. The van der Waals surface area contributed by atoms with E-state index in [0.29, 0.717) is 17.6 Å². The molecule has 5 nitrogen and oxygen atoms in total. The maximum atomic E-state index is 12.8. The molecule has 0 spiro atoms. The zero-order valence-corrected chi connectivity index (χ0v) is 11.6. The molecular weight excluding hydrogens is 287 g/mol. The summed E-state index contributed by atoms with van der Waals surface area (Å²) in [6.45, 7) is 0.337. The lowest BCUT2D eigenvalue weighted by atomic mass is 10.1. The molecule has 0 saturated heterocycles. The molecule has 2 aromatic carbocycles. The number of carbonyl (C=O) groups is 1.